The number of thioether (sulfide) groups is 1. The molecule has 9 heteroatoms. The Kier molecular flexibility index (Phi) is 5.81. The van der Waals surface area contributed by atoms with E-state index in [0.717, 1.165) is 45.5 Å². The maximum atomic E-state index is 12.9. The van der Waals surface area contributed by atoms with Crippen molar-refractivity contribution in [2.24, 2.45) is 0 Å². The van der Waals surface area contributed by atoms with Crippen molar-refractivity contribution < 1.29 is 4.79 Å². The first-order valence-electron chi connectivity index (χ1n) is 10.3. The minimum absolute atomic E-state index is 0.0683. The van der Waals surface area contributed by atoms with Gasteiger partial charge < -0.3 is 9.47 Å². The molecule has 0 spiro atoms. The lowest BCUT2D eigenvalue weighted by atomic mass is 10.3. The van der Waals surface area contributed by atoms with E-state index in [-0.39, 0.29) is 11.9 Å². The Bertz CT molecular complexity index is 1160. The van der Waals surface area contributed by atoms with Crippen LogP contribution in [-0.4, -0.2) is 43.4 Å². The zero-order valence-corrected chi connectivity index (χ0v) is 19.8. The third-order valence-corrected chi connectivity index (χ3v) is 8.54. The molecule has 1 fully saturated rings. The van der Waals surface area contributed by atoms with Gasteiger partial charge in [0.1, 0.15) is 10.8 Å². The van der Waals surface area contributed by atoms with E-state index >= 15 is 0 Å². The number of carbonyl (C=O) groups is 1. The van der Waals surface area contributed by atoms with Crippen LogP contribution in [0, 0.1) is 0 Å². The summed E-state index contributed by atoms with van der Waals surface area (Å²) in [5, 5.41) is 12.8. The molecule has 3 heterocycles. The van der Waals surface area contributed by atoms with Crippen molar-refractivity contribution in [3.8, 4) is 0 Å². The Morgan fingerprint density at radius 2 is 2.10 bits per heavy atom. The smallest absolute Gasteiger partial charge is 0.233 e. The van der Waals surface area contributed by atoms with Gasteiger partial charge in [-0.15, -0.1) is 32.9 Å². The molecule has 0 unspecified atom stereocenters. The highest BCUT2D eigenvalue weighted by Crippen LogP contribution is 2.39. The standard InChI is InChI=1S/C22H23N5OS3/c1-14(21-23-17-7-3-4-8-18(17)31-21)26(2)20(28)13-30-22-25-24-19(27(22)15-9-10-15)12-16-6-5-11-29-16/h3-8,11,14-15H,9-10,12-13H2,1-2H3/t14-/m1/s1. The van der Waals surface area contributed by atoms with Gasteiger partial charge in [-0.2, -0.15) is 0 Å². The second-order valence-electron chi connectivity index (χ2n) is 7.75. The van der Waals surface area contributed by atoms with E-state index in [4.69, 9.17) is 4.98 Å². The average Bonchev–Trinajstić information content (AvgIpc) is 3.18. The fraction of sp³-hybridized carbons (Fsp3) is 0.364. The van der Waals surface area contributed by atoms with E-state index < -0.39 is 0 Å². The lowest BCUT2D eigenvalue weighted by Gasteiger charge is -2.23. The summed E-state index contributed by atoms with van der Waals surface area (Å²) < 4.78 is 3.39. The third-order valence-electron chi connectivity index (χ3n) is 5.53. The summed E-state index contributed by atoms with van der Waals surface area (Å²) in [4.78, 5) is 20.7. The molecule has 5 rings (SSSR count). The second kappa shape index (κ2) is 8.72. The molecular weight excluding hydrogens is 446 g/mol. The molecule has 0 N–H and O–H groups in total. The van der Waals surface area contributed by atoms with Gasteiger partial charge in [-0.3, -0.25) is 4.79 Å². The minimum atomic E-state index is -0.0683. The summed E-state index contributed by atoms with van der Waals surface area (Å²) in [7, 11) is 1.85. The molecule has 160 valence electrons. The minimum Gasteiger partial charge on any atom is -0.336 e. The van der Waals surface area contributed by atoms with Crippen molar-refractivity contribution in [1.82, 2.24) is 24.6 Å². The van der Waals surface area contributed by atoms with Gasteiger partial charge in [0.15, 0.2) is 5.16 Å². The Morgan fingerprint density at radius 3 is 2.84 bits per heavy atom. The van der Waals surface area contributed by atoms with Gasteiger partial charge in [0.05, 0.1) is 22.0 Å². The quantitative estimate of drug-likeness (QED) is 0.333. The van der Waals surface area contributed by atoms with E-state index in [1.165, 1.54) is 16.6 Å². The molecule has 1 aromatic carbocycles. The molecule has 1 amide bonds. The second-order valence-corrected chi connectivity index (χ2v) is 10.8. The number of amides is 1. The van der Waals surface area contributed by atoms with E-state index in [2.05, 4.69) is 38.3 Å². The lowest BCUT2D eigenvalue weighted by molar-refractivity contribution is -0.128. The van der Waals surface area contributed by atoms with Crippen LogP contribution in [0.1, 0.15) is 47.6 Å². The molecule has 1 aliphatic carbocycles. The Balaban J connectivity index is 1.26. The first kappa shape index (κ1) is 20.7. The summed E-state index contributed by atoms with van der Waals surface area (Å²) in [5.41, 5.74) is 0.986. The number of benzene rings is 1. The molecule has 1 saturated carbocycles. The largest absolute Gasteiger partial charge is 0.336 e. The third kappa shape index (κ3) is 4.40. The van der Waals surface area contributed by atoms with Gasteiger partial charge in [0.2, 0.25) is 5.91 Å². The first-order chi connectivity index (χ1) is 15.1. The lowest BCUT2D eigenvalue weighted by Crippen LogP contribution is -2.31. The number of thiophene rings is 1. The average molecular weight is 470 g/mol. The zero-order valence-electron chi connectivity index (χ0n) is 17.4. The van der Waals surface area contributed by atoms with Crippen LogP contribution in [0.15, 0.2) is 46.9 Å². The highest BCUT2D eigenvalue weighted by molar-refractivity contribution is 7.99. The van der Waals surface area contributed by atoms with E-state index in [1.54, 1.807) is 27.6 Å². The summed E-state index contributed by atoms with van der Waals surface area (Å²) >= 11 is 4.87. The van der Waals surface area contributed by atoms with Gasteiger partial charge in [-0.25, -0.2) is 4.98 Å². The number of nitrogens with zero attached hydrogens (tertiary/aromatic N) is 5. The van der Waals surface area contributed by atoms with E-state index in [9.17, 15) is 4.79 Å². The van der Waals surface area contributed by atoms with Crippen LogP contribution in [0.4, 0.5) is 0 Å². The predicted molar refractivity (Wildman–Crippen MR) is 127 cm³/mol. The van der Waals surface area contributed by atoms with Gasteiger partial charge in [-0.05, 0) is 43.3 Å². The van der Waals surface area contributed by atoms with E-state index in [1.807, 2.05) is 32.2 Å². The zero-order chi connectivity index (χ0) is 21.4. The topological polar surface area (TPSA) is 63.9 Å². The fourth-order valence-electron chi connectivity index (χ4n) is 3.47. The normalized spacial score (nSPS) is 14.8. The summed E-state index contributed by atoms with van der Waals surface area (Å²) in [6.07, 6.45) is 3.11. The van der Waals surface area contributed by atoms with Crippen molar-refractivity contribution in [3.63, 3.8) is 0 Å². The Labute approximate surface area is 193 Å². The fourth-order valence-corrected chi connectivity index (χ4v) is 6.19. The molecule has 1 atom stereocenters. The number of rotatable bonds is 8. The van der Waals surface area contributed by atoms with Gasteiger partial charge in [0, 0.05) is 24.4 Å². The molecule has 3 aromatic heterocycles. The van der Waals surface area contributed by atoms with Gasteiger partial charge in [-0.1, -0.05) is 30.0 Å². The molecule has 4 aromatic rings. The predicted octanol–water partition coefficient (Wildman–Crippen LogP) is 5.19. The number of carbonyl (C=O) groups excluding carboxylic acids is 1. The molecule has 0 bridgehead atoms. The monoisotopic (exact) mass is 469 g/mol. The Morgan fingerprint density at radius 1 is 1.26 bits per heavy atom. The maximum Gasteiger partial charge on any atom is 0.233 e. The summed E-state index contributed by atoms with van der Waals surface area (Å²) in [6, 6.07) is 12.7. The molecule has 6 nitrogen and oxygen atoms in total. The number of para-hydroxylation sites is 1. The number of fused-ring (bicyclic) bond motifs is 1. The SMILES string of the molecule is C[C@H](c1nc2ccccc2s1)N(C)C(=O)CSc1nnc(Cc2cccs2)n1C1CC1. The highest BCUT2D eigenvalue weighted by Gasteiger charge is 2.30. The number of thiazole rings is 1. The van der Waals surface area contributed by atoms with Gasteiger partial charge in [0.25, 0.3) is 0 Å². The van der Waals surface area contributed by atoms with Crippen LogP contribution in [-0.2, 0) is 11.2 Å². The van der Waals surface area contributed by atoms with Crippen molar-refractivity contribution in [2.75, 3.05) is 12.8 Å². The van der Waals surface area contributed by atoms with Crippen LogP contribution in [0.5, 0.6) is 0 Å². The van der Waals surface area contributed by atoms with Crippen LogP contribution in [0.2, 0.25) is 0 Å². The van der Waals surface area contributed by atoms with Crippen LogP contribution in [0.3, 0.4) is 0 Å². The summed E-state index contributed by atoms with van der Waals surface area (Å²) in [6.45, 7) is 2.03. The first-order valence-corrected chi connectivity index (χ1v) is 13.0. The molecule has 0 saturated heterocycles. The van der Waals surface area contributed by atoms with Crippen molar-refractivity contribution in [2.45, 2.75) is 43.4 Å². The van der Waals surface area contributed by atoms with Gasteiger partial charge >= 0.3 is 0 Å². The van der Waals surface area contributed by atoms with Crippen molar-refractivity contribution in [3.05, 3.63) is 57.5 Å². The van der Waals surface area contributed by atoms with Crippen molar-refractivity contribution in [1.29, 1.82) is 0 Å². The number of aromatic nitrogens is 4. The highest BCUT2D eigenvalue weighted by atomic mass is 32.2. The molecule has 0 radical (unpaired) electrons. The van der Waals surface area contributed by atoms with Crippen LogP contribution >= 0.6 is 34.4 Å². The van der Waals surface area contributed by atoms with E-state index in [0.29, 0.717) is 11.8 Å². The maximum absolute atomic E-state index is 12.9. The summed E-state index contributed by atoms with van der Waals surface area (Å²) in [5.74, 6) is 1.41. The molecule has 1 aliphatic rings. The molecular formula is C22H23N5OS3. The molecule has 0 aliphatic heterocycles. The number of hydrogen-bond donors (Lipinski definition) is 0. The number of hydrogen-bond acceptors (Lipinski definition) is 7. The Hall–Kier alpha value is -2.23. The van der Waals surface area contributed by atoms with Crippen LogP contribution in [0.25, 0.3) is 10.2 Å². The molecule has 31 heavy (non-hydrogen) atoms. The van der Waals surface area contributed by atoms with Crippen LogP contribution < -0.4 is 0 Å². The van der Waals surface area contributed by atoms with Crippen molar-refractivity contribution >= 4 is 50.6 Å².